The van der Waals surface area contributed by atoms with Gasteiger partial charge in [0.1, 0.15) is 0 Å². The summed E-state index contributed by atoms with van der Waals surface area (Å²) in [4.78, 5) is 0. The van der Waals surface area contributed by atoms with Crippen molar-refractivity contribution in [1.29, 1.82) is 0 Å². The van der Waals surface area contributed by atoms with Gasteiger partial charge in [-0.1, -0.05) is 5.21 Å². The quantitative estimate of drug-likeness (QED) is 0.715. The van der Waals surface area contributed by atoms with Gasteiger partial charge in [-0.3, -0.25) is 0 Å². The Bertz CT molecular complexity index is 244. The molecule has 0 aliphatic carbocycles. The van der Waals surface area contributed by atoms with Crippen LogP contribution in [0.4, 0.5) is 0 Å². The van der Waals surface area contributed by atoms with Crippen molar-refractivity contribution < 1.29 is 5.11 Å². The summed E-state index contributed by atoms with van der Waals surface area (Å²) in [5.41, 5.74) is 2.12. The third-order valence-corrected chi connectivity index (χ3v) is 1.95. The van der Waals surface area contributed by atoms with E-state index < -0.39 is 0 Å². The maximum atomic E-state index is 8.63. The molecule has 0 bridgehead atoms. The molecule has 0 spiro atoms. The van der Waals surface area contributed by atoms with Crippen molar-refractivity contribution in [2.24, 2.45) is 0 Å². The second kappa shape index (κ2) is 4.21. The van der Waals surface area contributed by atoms with E-state index in [1.807, 2.05) is 18.5 Å². The van der Waals surface area contributed by atoms with E-state index in [0.29, 0.717) is 0 Å². The lowest BCUT2D eigenvalue weighted by Gasteiger charge is -1.98. The summed E-state index contributed by atoms with van der Waals surface area (Å²) in [5.74, 6) is 0. The zero-order chi connectivity index (χ0) is 8.97. The molecular formula is C8H15N3O. The molecule has 0 saturated heterocycles. The molecule has 0 aromatic carbocycles. The molecular weight excluding hydrogens is 154 g/mol. The maximum absolute atomic E-state index is 8.63. The van der Waals surface area contributed by atoms with Crippen LogP contribution in [0.1, 0.15) is 24.7 Å². The van der Waals surface area contributed by atoms with E-state index in [0.717, 1.165) is 30.8 Å². The molecule has 1 aromatic heterocycles. The van der Waals surface area contributed by atoms with Crippen molar-refractivity contribution in [2.45, 2.75) is 33.2 Å². The highest BCUT2D eigenvalue weighted by atomic mass is 16.2. The number of aliphatic hydroxyl groups excluding tert-OH is 1. The largest absolute Gasteiger partial charge is 0.396 e. The fourth-order valence-corrected chi connectivity index (χ4v) is 1.17. The number of aryl methyl sites for hydroxylation is 2. The van der Waals surface area contributed by atoms with Gasteiger partial charge in [-0.2, -0.15) is 0 Å². The van der Waals surface area contributed by atoms with E-state index in [9.17, 15) is 0 Å². The molecule has 1 N–H and O–H groups in total. The van der Waals surface area contributed by atoms with Gasteiger partial charge in [0, 0.05) is 13.2 Å². The molecule has 12 heavy (non-hydrogen) atoms. The van der Waals surface area contributed by atoms with Crippen molar-refractivity contribution in [3.63, 3.8) is 0 Å². The van der Waals surface area contributed by atoms with E-state index in [-0.39, 0.29) is 6.61 Å². The average molecular weight is 169 g/mol. The lowest BCUT2D eigenvalue weighted by Crippen LogP contribution is -1.99. The SMILES string of the molecule is CCn1nnc(CCCO)c1C. The minimum atomic E-state index is 0.221. The first kappa shape index (κ1) is 9.19. The van der Waals surface area contributed by atoms with Gasteiger partial charge in [0.05, 0.1) is 11.4 Å². The maximum Gasteiger partial charge on any atom is 0.0857 e. The Morgan fingerprint density at radius 3 is 2.75 bits per heavy atom. The molecule has 1 rings (SSSR count). The molecule has 0 saturated carbocycles. The van der Waals surface area contributed by atoms with Crippen LogP contribution >= 0.6 is 0 Å². The van der Waals surface area contributed by atoms with E-state index in [2.05, 4.69) is 10.3 Å². The van der Waals surface area contributed by atoms with E-state index in [1.54, 1.807) is 0 Å². The van der Waals surface area contributed by atoms with Crippen molar-refractivity contribution >= 4 is 0 Å². The molecule has 0 amide bonds. The summed E-state index contributed by atoms with van der Waals surface area (Å²) in [6.07, 6.45) is 1.59. The topological polar surface area (TPSA) is 50.9 Å². The van der Waals surface area contributed by atoms with Crippen LogP contribution in [0.3, 0.4) is 0 Å². The van der Waals surface area contributed by atoms with Crippen molar-refractivity contribution in [3.8, 4) is 0 Å². The zero-order valence-electron chi connectivity index (χ0n) is 7.62. The fraction of sp³-hybridized carbons (Fsp3) is 0.750. The van der Waals surface area contributed by atoms with Crippen molar-refractivity contribution in [3.05, 3.63) is 11.4 Å². The first-order chi connectivity index (χ1) is 5.79. The van der Waals surface area contributed by atoms with E-state index in [4.69, 9.17) is 5.11 Å². The molecule has 0 aliphatic heterocycles. The number of hydrogen-bond acceptors (Lipinski definition) is 3. The Morgan fingerprint density at radius 1 is 1.50 bits per heavy atom. The number of hydrogen-bond donors (Lipinski definition) is 1. The first-order valence-electron chi connectivity index (χ1n) is 4.29. The molecule has 0 aliphatic rings. The molecule has 4 nitrogen and oxygen atoms in total. The van der Waals surface area contributed by atoms with Gasteiger partial charge in [0.25, 0.3) is 0 Å². The molecule has 4 heteroatoms. The molecule has 0 unspecified atom stereocenters. The summed E-state index contributed by atoms with van der Waals surface area (Å²) < 4.78 is 1.87. The summed E-state index contributed by atoms with van der Waals surface area (Å²) in [6.45, 7) is 5.13. The third-order valence-electron chi connectivity index (χ3n) is 1.95. The zero-order valence-corrected chi connectivity index (χ0v) is 7.62. The fourth-order valence-electron chi connectivity index (χ4n) is 1.17. The Labute approximate surface area is 72.2 Å². The van der Waals surface area contributed by atoms with Crippen LogP contribution in [-0.4, -0.2) is 26.7 Å². The molecule has 0 radical (unpaired) electrons. The van der Waals surface area contributed by atoms with E-state index >= 15 is 0 Å². The van der Waals surface area contributed by atoms with Crippen LogP contribution in [0.5, 0.6) is 0 Å². The van der Waals surface area contributed by atoms with E-state index in [1.165, 1.54) is 0 Å². The van der Waals surface area contributed by atoms with Gasteiger partial charge in [0.15, 0.2) is 0 Å². The summed E-state index contributed by atoms with van der Waals surface area (Å²) in [7, 11) is 0. The van der Waals surface area contributed by atoms with Crippen LogP contribution in [0.25, 0.3) is 0 Å². The van der Waals surface area contributed by atoms with Gasteiger partial charge >= 0.3 is 0 Å². The van der Waals surface area contributed by atoms with Crippen LogP contribution in [-0.2, 0) is 13.0 Å². The molecule has 1 aromatic rings. The number of aromatic nitrogens is 3. The summed E-state index contributed by atoms with van der Waals surface area (Å²) >= 11 is 0. The third kappa shape index (κ3) is 1.82. The lowest BCUT2D eigenvalue weighted by atomic mass is 10.2. The predicted molar refractivity (Wildman–Crippen MR) is 45.8 cm³/mol. The van der Waals surface area contributed by atoms with Crippen LogP contribution in [0, 0.1) is 6.92 Å². The van der Waals surface area contributed by atoms with Crippen molar-refractivity contribution in [2.75, 3.05) is 6.61 Å². The second-order valence-electron chi connectivity index (χ2n) is 2.76. The monoisotopic (exact) mass is 169 g/mol. The number of nitrogens with zero attached hydrogens (tertiary/aromatic N) is 3. The first-order valence-corrected chi connectivity index (χ1v) is 4.29. The molecule has 0 atom stereocenters. The Balaban J connectivity index is 2.66. The second-order valence-corrected chi connectivity index (χ2v) is 2.76. The Kier molecular flexibility index (Phi) is 3.22. The van der Waals surface area contributed by atoms with Gasteiger partial charge < -0.3 is 5.11 Å². The van der Waals surface area contributed by atoms with Crippen LogP contribution < -0.4 is 0 Å². The molecule has 1 heterocycles. The highest BCUT2D eigenvalue weighted by molar-refractivity contribution is 5.07. The highest BCUT2D eigenvalue weighted by Gasteiger charge is 2.05. The summed E-state index contributed by atoms with van der Waals surface area (Å²) in [6, 6.07) is 0. The van der Waals surface area contributed by atoms with Gasteiger partial charge in [-0.05, 0) is 26.7 Å². The number of aliphatic hydroxyl groups is 1. The lowest BCUT2D eigenvalue weighted by molar-refractivity contribution is 0.288. The average Bonchev–Trinajstić information content (AvgIpc) is 2.43. The Hall–Kier alpha value is -0.900. The molecule has 0 fully saturated rings. The van der Waals surface area contributed by atoms with Gasteiger partial charge in [0.2, 0.25) is 0 Å². The normalized spacial score (nSPS) is 10.6. The summed E-state index contributed by atoms with van der Waals surface area (Å²) in [5, 5.41) is 16.6. The predicted octanol–water partition coefficient (Wildman–Crippen LogP) is 0.531. The molecule has 68 valence electrons. The Morgan fingerprint density at radius 2 is 2.25 bits per heavy atom. The van der Waals surface area contributed by atoms with Gasteiger partial charge in [-0.25, -0.2) is 4.68 Å². The van der Waals surface area contributed by atoms with Crippen molar-refractivity contribution in [1.82, 2.24) is 15.0 Å². The highest BCUT2D eigenvalue weighted by Crippen LogP contribution is 2.05. The smallest absolute Gasteiger partial charge is 0.0857 e. The van der Waals surface area contributed by atoms with Gasteiger partial charge in [-0.15, -0.1) is 5.10 Å². The van der Waals surface area contributed by atoms with Crippen LogP contribution in [0.2, 0.25) is 0 Å². The number of rotatable bonds is 4. The standard InChI is InChI=1S/C8H15N3O/c1-3-11-7(2)8(9-10-11)5-4-6-12/h12H,3-6H2,1-2H3. The minimum absolute atomic E-state index is 0.221. The minimum Gasteiger partial charge on any atom is -0.396 e. The van der Waals surface area contributed by atoms with Crippen LogP contribution in [0.15, 0.2) is 0 Å².